The second kappa shape index (κ2) is 7.75. The minimum Gasteiger partial charge on any atom is -0.462 e. The standard InChI is InChI=1S/C20H21N5O3S/c1-4-28-19(27)15-12(2)21-20(29-15)24(3)18(26)16-22-17(13-10-11-13)25(23-16)14-8-6-5-7-9-14/h5-9,13H,4,10-11H2,1-3H3. The van der Waals surface area contributed by atoms with Crippen LogP contribution in [0.15, 0.2) is 30.3 Å². The Balaban J connectivity index is 1.63. The molecule has 4 rings (SSSR count). The first-order valence-corrected chi connectivity index (χ1v) is 10.3. The van der Waals surface area contributed by atoms with Crippen LogP contribution in [0.3, 0.4) is 0 Å². The zero-order valence-corrected chi connectivity index (χ0v) is 17.3. The first-order valence-electron chi connectivity index (χ1n) is 9.44. The lowest BCUT2D eigenvalue weighted by Crippen LogP contribution is -2.27. The summed E-state index contributed by atoms with van der Waals surface area (Å²) in [6.45, 7) is 3.75. The van der Waals surface area contributed by atoms with Gasteiger partial charge in [0.2, 0.25) is 5.82 Å². The van der Waals surface area contributed by atoms with E-state index in [2.05, 4.69) is 15.1 Å². The van der Waals surface area contributed by atoms with Crippen LogP contribution in [0.25, 0.3) is 5.69 Å². The quantitative estimate of drug-likeness (QED) is 0.578. The average molecular weight is 411 g/mol. The Labute approximate surface area is 172 Å². The van der Waals surface area contributed by atoms with Crippen LogP contribution >= 0.6 is 11.3 Å². The molecule has 1 saturated carbocycles. The highest BCUT2D eigenvalue weighted by atomic mass is 32.1. The molecule has 0 unspecified atom stereocenters. The molecule has 1 aliphatic rings. The summed E-state index contributed by atoms with van der Waals surface area (Å²) in [6.07, 6.45) is 2.09. The van der Waals surface area contributed by atoms with Gasteiger partial charge in [0, 0.05) is 13.0 Å². The predicted octanol–water partition coefficient (Wildman–Crippen LogP) is 3.36. The number of aromatic nitrogens is 4. The average Bonchev–Trinajstić information content (AvgIpc) is 3.35. The van der Waals surface area contributed by atoms with Gasteiger partial charge < -0.3 is 4.74 Å². The van der Waals surface area contributed by atoms with Gasteiger partial charge in [0.1, 0.15) is 10.7 Å². The third-order valence-corrected chi connectivity index (χ3v) is 5.82. The predicted molar refractivity (Wildman–Crippen MR) is 109 cm³/mol. The minimum atomic E-state index is -0.433. The number of thiazole rings is 1. The fourth-order valence-corrected chi connectivity index (χ4v) is 3.85. The zero-order valence-electron chi connectivity index (χ0n) is 16.5. The van der Waals surface area contributed by atoms with Crippen LogP contribution in [-0.2, 0) is 4.74 Å². The number of carbonyl (C=O) groups excluding carboxylic acids is 2. The van der Waals surface area contributed by atoms with E-state index in [1.165, 1.54) is 4.90 Å². The van der Waals surface area contributed by atoms with E-state index in [4.69, 9.17) is 4.74 Å². The van der Waals surface area contributed by atoms with E-state index in [0.717, 1.165) is 35.7 Å². The summed E-state index contributed by atoms with van der Waals surface area (Å²) >= 11 is 1.12. The molecule has 0 aliphatic heterocycles. The van der Waals surface area contributed by atoms with Gasteiger partial charge in [-0.1, -0.05) is 29.5 Å². The fourth-order valence-electron chi connectivity index (χ4n) is 2.93. The van der Waals surface area contributed by atoms with Crippen LogP contribution in [0.1, 0.15) is 57.5 Å². The Bertz CT molecular complexity index is 1060. The van der Waals surface area contributed by atoms with Gasteiger partial charge in [-0.25, -0.2) is 19.4 Å². The first kappa shape index (κ1) is 19.3. The molecule has 3 aromatic rings. The largest absolute Gasteiger partial charge is 0.462 e. The van der Waals surface area contributed by atoms with Crippen LogP contribution in [0, 0.1) is 6.92 Å². The molecule has 9 heteroatoms. The summed E-state index contributed by atoms with van der Waals surface area (Å²) in [5.74, 6) is 0.439. The van der Waals surface area contributed by atoms with Gasteiger partial charge >= 0.3 is 5.97 Å². The van der Waals surface area contributed by atoms with Crippen molar-refractivity contribution in [2.24, 2.45) is 0 Å². The number of carbonyl (C=O) groups is 2. The third kappa shape index (κ3) is 3.77. The van der Waals surface area contributed by atoms with Gasteiger partial charge in [0.15, 0.2) is 5.13 Å². The number of hydrogen-bond donors (Lipinski definition) is 0. The summed E-state index contributed by atoms with van der Waals surface area (Å²) in [5.41, 5.74) is 1.41. The number of rotatable bonds is 6. The molecular weight excluding hydrogens is 390 g/mol. The number of benzene rings is 1. The van der Waals surface area contributed by atoms with Gasteiger partial charge in [-0.2, -0.15) is 0 Å². The number of anilines is 1. The molecule has 1 amide bonds. The van der Waals surface area contributed by atoms with E-state index in [-0.39, 0.29) is 18.3 Å². The SMILES string of the molecule is CCOC(=O)c1sc(N(C)C(=O)c2nc(C3CC3)n(-c3ccccc3)n2)nc1C. The highest BCUT2D eigenvalue weighted by molar-refractivity contribution is 7.17. The molecule has 0 radical (unpaired) electrons. The molecule has 2 heterocycles. The summed E-state index contributed by atoms with van der Waals surface area (Å²) in [6, 6.07) is 9.67. The van der Waals surface area contributed by atoms with Crippen molar-refractivity contribution >= 4 is 28.3 Å². The van der Waals surface area contributed by atoms with Crippen LogP contribution in [-0.4, -0.2) is 45.3 Å². The Morgan fingerprint density at radius 2 is 1.97 bits per heavy atom. The maximum absolute atomic E-state index is 13.0. The second-order valence-electron chi connectivity index (χ2n) is 6.81. The lowest BCUT2D eigenvalue weighted by atomic mass is 10.3. The monoisotopic (exact) mass is 411 g/mol. The van der Waals surface area contributed by atoms with Gasteiger partial charge in [0.05, 0.1) is 18.0 Å². The minimum absolute atomic E-state index is 0.115. The van der Waals surface area contributed by atoms with Crippen LogP contribution < -0.4 is 4.90 Å². The number of para-hydroxylation sites is 1. The Morgan fingerprint density at radius 3 is 2.62 bits per heavy atom. The van der Waals surface area contributed by atoms with Gasteiger partial charge in [-0.3, -0.25) is 9.69 Å². The first-order chi connectivity index (χ1) is 14.0. The molecule has 1 fully saturated rings. The van der Waals surface area contributed by atoms with E-state index in [1.54, 1.807) is 25.6 Å². The van der Waals surface area contributed by atoms with E-state index in [0.29, 0.717) is 21.6 Å². The summed E-state index contributed by atoms with van der Waals surface area (Å²) < 4.78 is 6.79. The summed E-state index contributed by atoms with van der Waals surface area (Å²) in [7, 11) is 1.61. The molecule has 1 aromatic carbocycles. The van der Waals surface area contributed by atoms with Crippen molar-refractivity contribution < 1.29 is 14.3 Å². The van der Waals surface area contributed by atoms with Crippen molar-refractivity contribution in [3.63, 3.8) is 0 Å². The molecular formula is C20H21N5O3S. The molecule has 0 spiro atoms. The van der Waals surface area contributed by atoms with Gasteiger partial charge in [0.25, 0.3) is 5.91 Å². The number of aryl methyl sites for hydroxylation is 1. The lowest BCUT2D eigenvalue weighted by molar-refractivity contribution is 0.0531. The number of esters is 1. The van der Waals surface area contributed by atoms with Crippen molar-refractivity contribution in [2.45, 2.75) is 32.6 Å². The highest BCUT2D eigenvalue weighted by Crippen LogP contribution is 2.40. The van der Waals surface area contributed by atoms with Crippen molar-refractivity contribution in [3.05, 3.63) is 52.6 Å². The summed E-state index contributed by atoms with van der Waals surface area (Å²) in [4.78, 5) is 35.7. The van der Waals surface area contributed by atoms with Crippen LogP contribution in [0.5, 0.6) is 0 Å². The normalized spacial score (nSPS) is 13.3. The lowest BCUT2D eigenvalue weighted by Gasteiger charge is -2.10. The summed E-state index contributed by atoms with van der Waals surface area (Å²) in [5, 5.41) is 4.88. The maximum atomic E-state index is 13.0. The number of hydrogen-bond acceptors (Lipinski definition) is 7. The van der Waals surface area contributed by atoms with Crippen molar-refractivity contribution in [1.82, 2.24) is 19.7 Å². The van der Waals surface area contributed by atoms with Gasteiger partial charge in [-0.05, 0) is 38.8 Å². The van der Waals surface area contributed by atoms with Crippen LogP contribution in [0.4, 0.5) is 5.13 Å². The molecule has 1 aliphatic carbocycles. The van der Waals surface area contributed by atoms with E-state index in [1.807, 2.05) is 30.3 Å². The Kier molecular flexibility index (Phi) is 5.14. The van der Waals surface area contributed by atoms with E-state index in [9.17, 15) is 9.59 Å². The van der Waals surface area contributed by atoms with E-state index >= 15 is 0 Å². The zero-order chi connectivity index (χ0) is 20.5. The smallest absolute Gasteiger partial charge is 0.350 e. The molecule has 2 aromatic heterocycles. The molecule has 8 nitrogen and oxygen atoms in total. The van der Waals surface area contributed by atoms with Gasteiger partial charge in [-0.15, -0.1) is 5.10 Å². The Morgan fingerprint density at radius 1 is 1.24 bits per heavy atom. The fraction of sp³-hybridized carbons (Fsp3) is 0.350. The van der Waals surface area contributed by atoms with Crippen molar-refractivity contribution in [1.29, 1.82) is 0 Å². The Hall–Kier alpha value is -3.07. The second-order valence-corrected chi connectivity index (χ2v) is 7.79. The van der Waals surface area contributed by atoms with Crippen molar-refractivity contribution in [2.75, 3.05) is 18.6 Å². The number of ether oxygens (including phenoxy) is 1. The third-order valence-electron chi connectivity index (χ3n) is 4.60. The number of amides is 1. The molecule has 0 N–H and O–H groups in total. The molecule has 29 heavy (non-hydrogen) atoms. The highest BCUT2D eigenvalue weighted by Gasteiger charge is 2.33. The van der Waals surface area contributed by atoms with Crippen LogP contribution in [0.2, 0.25) is 0 Å². The topological polar surface area (TPSA) is 90.2 Å². The number of nitrogens with zero attached hydrogens (tertiary/aromatic N) is 5. The molecule has 150 valence electrons. The van der Waals surface area contributed by atoms with Crippen molar-refractivity contribution in [3.8, 4) is 5.69 Å². The maximum Gasteiger partial charge on any atom is 0.350 e. The molecule has 0 atom stereocenters. The van der Waals surface area contributed by atoms with E-state index < -0.39 is 5.97 Å². The molecule has 0 saturated heterocycles. The molecule has 0 bridgehead atoms.